The Labute approximate surface area is 306 Å². The third kappa shape index (κ3) is 7.56. The monoisotopic (exact) mass is 699 g/mol. The van der Waals surface area contributed by atoms with Crippen LogP contribution >= 0.6 is 0 Å². The first-order chi connectivity index (χ1) is 24.8. The van der Waals surface area contributed by atoms with E-state index in [1.165, 1.54) is 5.56 Å². The number of aryl methyl sites for hydroxylation is 2. The van der Waals surface area contributed by atoms with Crippen molar-refractivity contribution >= 4 is 40.1 Å². The van der Waals surface area contributed by atoms with Crippen LogP contribution in [0.1, 0.15) is 88.2 Å². The van der Waals surface area contributed by atoms with Crippen LogP contribution in [0.25, 0.3) is 11.0 Å². The molecule has 270 valence electrons. The molecule has 0 aliphatic carbocycles. The standard InChI is InChI=1S/C42H49N7O3/c1-9-41(5,6)30-18-22-36(32(24-30)42(7,8)10-2)52-26-37(50)43-31-19-16-29(17-20-31)25-48-40(51)38(39(46-48)44-33-14-12-11-13-28(33)4)49-35-21-15-27(3)23-34(35)45-47-49/h11-24,38H,9-10,25-26H2,1-8H3,(H,43,50)(H,44,46). The predicted octanol–water partition coefficient (Wildman–Crippen LogP) is 8.26. The Morgan fingerprint density at radius 1 is 0.923 bits per heavy atom. The number of anilines is 1. The van der Waals surface area contributed by atoms with Gasteiger partial charge in [-0.15, -0.1) is 5.10 Å². The van der Waals surface area contributed by atoms with Gasteiger partial charge in [0.15, 0.2) is 18.5 Å². The molecule has 10 nitrogen and oxygen atoms in total. The van der Waals surface area contributed by atoms with Crippen LogP contribution in [0.2, 0.25) is 0 Å². The van der Waals surface area contributed by atoms with Gasteiger partial charge in [0, 0.05) is 11.3 Å². The summed E-state index contributed by atoms with van der Waals surface area (Å²) in [6.45, 7) is 17.4. The molecule has 0 saturated carbocycles. The maximum atomic E-state index is 14.0. The Morgan fingerprint density at radius 3 is 2.37 bits per heavy atom. The van der Waals surface area contributed by atoms with Crippen molar-refractivity contribution in [3.05, 3.63) is 113 Å². The van der Waals surface area contributed by atoms with E-state index < -0.39 is 6.04 Å². The molecule has 1 unspecified atom stereocenters. The number of aliphatic imine (C=N–C) groups is 1. The number of hydrogen-bond acceptors (Lipinski definition) is 6. The number of carbonyl (C=O) groups excluding carboxylic acids is 2. The maximum Gasteiger partial charge on any atom is 0.274 e. The van der Waals surface area contributed by atoms with E-state index in [9.17, 15) is 9.59 Å². The number of ether oxygens (including phenoxy) is 1. The van der Waals surface area contributed by atoms with Crippen LogP contribution < -0.4 is 15.5 Å². The largest absolute Gasteiger partial charge is 0.483 e. The third-order valence-corrected chi connectivity index (χ3v) is 10.4. The highest BCUT2D eigenvalue weighted by Gasteiger charge is 2.41. The van der Waals surface area contributed by atoms with Gasteiger partial charge in [-0.3, -0.25) is 15.0 Å². The van der Waals surface area contributed by atoms with Gasteiger partial charge in [0.1, 0.15) is 11.3 Å². The number of benzene rings is 4. The van der Waals surface area contributed by atoms with Crippen molar-refractivity contribution in [3.63, 3.8) is 0 Å². The zero-order valence-electron chi connectivity index (χ0n) is 31.4. The van der Waals surface area contributed by atoms with Gasteiger partial charge in [0.05, 0.1) is 17.7 Å². The number of fused-ring (bicyclic) bond motifs is 1. The molecule has 52 heavy (non-hydrogen) atoms. The molecule has 1 fully saturated rings. The van der Waals surface area contributed by atoms with Crippen molar-refractivity contribution < 1.29 is 14.3 Å². The molecule has 2 heterocycles. The molecule has 1 saturated heterocycles. The van der Waals surface area contributed by atoms with Gasteiger partial charge in [-0.1, -0.05) is 95.3 Å². The van der Waals surface area contributed by atoms with Crippen molar-refractivity contribution in [3.8, 4) is 5.75 Å². The number of carbonyl (C=O) groups is 2. The molecule has 1 atom stereocenters. The summed E-state index contributed by atoms with van der Waals surface area (Å²) in [6.07, 6.45) is 1.96. The fourth-order valence-corrected chi connectivity index (χ4v) is 6.22. The number of nitrogens with zero attached hydrogens (tertiary/aromatic N) is 5. The molecule has 5 aromatic rings. The highest BCUT2D eigenvalue weighted by Crippen LogP contribution is 2.38. The molecule has 10 heteroatoms. The fourth-order valence-electron chi connectivity index (χ4n) is 6.22. The second-order valence-corrected chi connectivity index (χ2v) is 15.0. The zero-order chi connectivity index (χ0) is 37.2. The number of para-hydroxylation sites is 1. The second-order valence-electron chi connectivity index (χ2n) is 15.0. The predicted molar refractivity (Wildman–Crippen MR) is 207 cm³/mol. The summed E-state index contributed by atoms with van der Waals surface area (Å²) in [6, 6.07) is 26.6. The van der Waals surface area contributed by atoms with Gasteiger partial charge in [-0.2, -0.15) is 0 Å². The summed E-state index contributed by atoms with van der Waals surface area (Å²) >= 11 is 0. The van der Waals surface area contributed by atoms with Crippen LogP contribution in [-0.4, -0.2) is 44.3 Å². The molecule has 2 N–H and O–H groups in total. The minimum Gasteiger partial charge on any atom is -0.483 e. The first kappa shape index (κ1) is 36.3. The minimum absolute atomic E-state index is 0.0447. The number of hydrazine groups is 1. The number of hydrogen-bond donors (Lipinski definition) is 2. The average Bonchev–Trinajstić information content (AvgIpc) is 3.67. The van der Waals surface area contributed by atoms with E-state index >= 15 is 0 Å². The van der Waals surface area contributed by atoms with Gasteiger partial charge >= 0.3 is 0 Å². The van der Waals surface area contributed by atoms with E-state index in [0.29, 0.717) is 17.0 Å². The first-order valence-electron chi connectivity index (χ1n) is 18.0. The normalized spacial score (nSPS) is 15.7. The summed E-state index contributed by atoms with van der Waals surface area (Å²) in [4.78, 5) is 31.9. The Kier molecular flexibility index (Phi) is 10.2. The highest BCUT2D eigenvalue weighted by molar-refractivity contribution is 6.11. The molecule has 2 amide bonds. The van der Waals surface area contributed by atoms with Crippen molar-refractivity contribution in [2.45, 2.75) is 91.6 Å². The van der Waals surface area contributed by atoms with Gasteiger partial charge in [0.25, 0.3) is 11.8 Å². The lowest BCUT2D eigenvalue weighted by Crippen LogP contribution is -2.35. The summed E-state index contributed by atoms with van der Waals surface area (Å²) in [5.74, 6) is 0.738. The van der Waals surface area contributed by atoms with E-state index in [1.807, 2.05) is 86.6 Å². The van der Waals surface area contributed by atoms with Crippen LogP contribution in [0.15, 0.2) is 89.9 Å². The van der Waals surface area contributed by atoms with Crippen molar-refractivity contribution in [2.24, 2.45) is 4.99 Å². The van der Waals surface area contributed by atoms with Crippen molar-refractivity contribution in [2.75, 3.05) is 11.9 Å². The fraction of sp³-hybridized carbons (Fsp3) is 0.357. The van der Waals surface area contributed by atoms with Crippen LogP contribution in [-0.2, 0) is 27.0 Å². The number of aromatic nitrogens is 3. The van der Waals surface area contributed by atoms with Crippen LogP contribution in [0.4, 0.5) is 11.4 Å². The quantitative estimate of drug-likeness (QED) is 0.136. The van der Waals surface area contributed by atoms with Crippen LogP contribution in [0, 0.1) is 13.8 Å². The lowest BCUT2D eigenvalue weighted by atomic mass is 9.76. The molecule has 6 rings (SSSR count). The van der Waals surface area contributed by atoms with Gasteiger partial charge in [0.2, 0.25) is 0 Å². The summed E-state index contributed by atoms with van der Waals surface area (Å²) in [5.41, 5.74) is 11.3. The van der Waals surface area contributed by atoms with E-state index in [-0.39, 0.29) is 35.8 Å². The lowest BCUT2D eigenvalue weighted by Gasteiger charge is -2.30. The summed E-state index contributed by atoms with van der Waals surface area (Å²) < 4.78 is 7.76. The molecule has 1 aliphatic heterocycles. The smallest absolute Gasteiger partial charge is 0.274 e. The molecule has 1 aliphatic rings. The molecule has 0 spiro atoms. The third-order valence-electron chi connectivity index (χ3n) is 10.4. The van der Waals surface area contributed by atoms with E-state index in [4.69, 9.17) is 9.73 Å². The number of rotatable bonds is 12. The van der Waals surface area contributed by atoms with Crippen LogP contribution in [0.5, 0.6) is 5.75 Å². The first-order valence-corrected chi connectivity index (χ1v) is 18.0. The van der Waals surface area contributed by atoms with Gasteiger partial charge < -0.3 is 10.1 Å². The average molecular weight is 700 g/mol. The second kappa shape index (κ2) is 14.6. The number of amidine groups is 1. The van der Waals surface area contributed by atoms with Gasteiger partial charge in [-0.25, -0.2) is 14.7 Å². The SMILES string of the molecule is CCC(C)(C)c1ccc(OCC(=O)Nc2ccc(CN3NC(=Nc4ccccc4C)C(n4nnc5cc(C)ccc54)C3=O)cc2)c(C(C)(C)CC)c1. The molecular weight excluding hydrogens is 651 g/mol. The summed E-state index contributed by atoms with van der Waals surface area (Å²) in [7, 11) is 0. The number of nitrogens with one attached hydrogen (secondary N) is 2. The molecule has 4 aromatic carbocycles. The van der Waals surface area contributed by atoms with Crippen molar-refractivity contribution in [1.82, 2.24) is 25.4 Å². The Hall–Kier alpha value is -5.51. The van der Waals surface area contributed by atoms with Crippen molar-refractivity contribution in [1.29, 1.82) is 0 Å². The number of amides is 2. The van der Waals surface area contributed by atoms with E-state index in [0.717, 1.165) is 52.0 Å². The molecule has 0 bridgehead atoms. The maximum absolute atomic E-state index is 14.0. The molecular formula is C42H49N7O3. The Bertz CT molecular complexity index is 2130. The zero-order valence-corrected chi connectivity index (χ0v) is 31.4. The molecule has 0 radical (unpaired) electrons. The Balaban J connectivity index is 1.15. The minimum atomic E-state index is -0.816. The van der Waals surface area contributed by atoms with E-state index in [2.05, 4.69) is 74.7 Å². The topological polar surface area (TPSA) is 114 Å². The lowest BCUT2D eigenvalue weighted by molar-refractivity contribution is -0.132. The highest BCUT2D eigenvalue weighted by atomic mass is 16.5. The molecule has 1 aromatic heterocycles. The summed E-state index contributed by atoms with van der Waals surface area (Å²) in [5, 5.41) is 13.2. The van der Waals surface area contributed by atoms with E-state index in [1.54, 1.807) is 9.69 Å². The van der Waals surface area contributed by atoms with Crippen LogP contribution in [0.3, 0.4) is 0 Å². The Morgan fingerprint density at radius 2 is 1.65 bits per heavy atom. The van der Waals surface area contributed by atoms with Gasteiger partial charge in [-0.05, 0) is 96.2 Å².